The van der Waals surface area contributed by atoms with Gasteiger partial charge in [-0.15, -0.1) is 11.3 Å². The number of aliphatic hydroxyl groups is 1. The normalized spacial score (nSPS) is 15.8. The summed E-state index contributed by atoms with van der Waals surface area (Å²) < 4.78 is 39.7. The van der Waals surface area contributed by atoms with Gasteiger partial charge in [0.05, 0.1) is 35.6 Å². The predicted octanol–water partition coefficient (Wildman–Crippen LogP) is 6.40. The Hall–Kier alpha value is -4.98. The summed E-state index contributed by atoms with van der Waals surface area (Å²) in [6, 6.07) is 18.3. The van der Waals surface area contributed by atoms with Gasteiger partial charge in [0.2, 0.25) is 0 Å². The molecule has 13 heteroatoms. The lowest BCUT2D eigenvalue weighted by Gasteiger charge is -2.26. The van der Waals surface area contributed by atoms with Crippen LogP contribution in [0.25, 0.3) is 11.3 Å². The van der Waals surface area contributed by atoms with Gasteiger partial charge < -0.3 is 20.6 Å². The summed E-state index contributed by atoms with van der Waals surface area (Å²) in [7, 11) is 0. The van der Waals surface area contributed by atoms with Crippen molar-refractivity contribution in [1.29, 1.82) is 0 Å². The number of halogens is 3. The number of likely N-dealkylation sites (tertiary alicyclic amines) is 1. The number of carbonyl (C=O) groups excluding carboxylic acids is 2. The van der Waals surface area contributed by atoms with Crippen molar-refractivity contribution in [2.75, 3.05) is 13.1 Å². The Morgan fingerprint density at radius 2 is 1.80 bits per heavy atom. The Kier molecular flexibility index (Phi) is 11.2. The molecule has 1 saturated heterocycles. The van der Waals surface area contributed by atoms with Gasteiger partial charge in [-0.1, -0.05) is 48.5 Å². The van der Waals surface area contributed by atoms with Gasteiger partial charge in [-0.05, 0) is 61.6 Å². The fourth-order valence-corrected chi connectivity index (χ4v) is 7.15. The lowest BCUT2D eigenvalue weighted by atomic mass is 9.98. The van der Waals surface area contributed by atoms with E-state index in [1.54, 1.807) is 35.4 Å². The molecule has 2 aromatic heterocycles. The van der Waals surface area contributed by atoms with Crippen molar-refractivity contribution in [1.82, 2.24) is 30.5 Å². The number of nitrogens with zero attached hydrogens (tertiary/aromatic N) is 4. The van der Waals surface area contributed by atoms with Crippen LogP contribution in [0.5, 0.6) is 0 Å². The van der Waals surface area contributed by atoms with Crippen molar-refractivity contribution in [3.05, 3.63) is 135 Å². The van der Waals surface area contributed by atoms with Gasteiger partial charge in [-0.3, -0.25) is 19.6 Å². The van der Waals surface area contributed by atoms with Gasteiger partial charge in [0, 0.05) is 59.8 Å². The molecule has 1 aliphatic rings. The maximum Gasteiger partial charge on any atom is 0.416 e. The van der Waals surface area contributed by atoms with Crippen molar-refractivity contribution >= 4 is 23.2 Å². The molecule has 6 rings (SSSR count). The summed E-state index contributed by atoms with van der Waals surface area (Å²) in [6.07, 6.45) is 0.932. The second-order valence-corrected chi connectivity index (χ2v) is 13.4. The maximum absolute atomic E-state index is 14.1. The molecule has 5 aromatic rings. The molecule has 51 heavy (non-hydrogen) atoms. The molecule has 9 nitrogen and oxygen atoms in total. The molecule has 1 aliphatic heterocycles. The standard InChI is InChI=1S/C38H37F3N6O3S/c1-24-23-51-36(45-24)33-11-6-14-47(33)37(50)29-18-27(32-21-42-12-13-44-32)17-28(19-29)35(49)46-31(16-25-7-3-2-4-8-25)34(48)22-43-20-26-9-5-10-30(15-26)38(39,40)41/h2-5,7-10,12-13,15,17-19,21,23,31,33-34,43,48H,6,11,14,16,20,22H2,1H3,(H,46,49)/t31-,33+,34-/m0/s1. The first kappa shape index (κ1) is 35.8. The number of hydrogen-bond acceptors (Lipinski definition) is 8. The van der Waals surface area contributed by atoms with Crippen LogP contribution in [0.2, 0.25) is 0 Å². The zero-order valence-corrected chi connectivity index (χ0v) is 28.6. The number of amides is 2. The van der Waals surface area contributed by atoms with Crippen LogP contribution in [0.1, 0.15) is 67.0 Å². The quantitative estimate of drug-likeness (QED) is 0.137. The van der Waals surface area contributed by atoms with Crippen LogP contribution < -0.4 is 10.6 Å². The molecular formula is C38H37F3N6O3S. The third kappa shape index (κ3) is 9.04. The number of alkyl halides is 3. The molecule has 0 saturated carbocycles. The highest BCUT2D eigenvalue weighted by Crippen LogP contribution is 2.35. The number of rotatable bonds is 12. The zero-order valence-electron chi connectivity index (χ0n) is 27.8. The van der Waals surface area contributed by atoms with Crippen molar-refractivity contribution in [2.24, 2.45) is 0 Å². The number of thiazole rings is 1. The minimum Gasteiger partial charge on any atom is -0.390 e. The Bertz CT molecular complexity index is 1960. The van der Waals surface area contributed by atoms with Gasteiger partial charge in [0.25, 0.3) is 11.8 Å². The van der Waals surface area contributed by atoms with E-state index in [-0.39, 0.29) is 37.0 Å². The van der Waals surface area contributed by atoms with E-state index in [4.69, 9.17) is 0 Å². The van der Waals surface area contributed by atoms with E-state index in [2.05, 4.69) is 25.6 Å². The Morgan fingerprint density at radius 1 is 1.02 bits per heavy atom. The molecule has 0 bridgehead atoms. The van der Waals surface area contributed by atoms with Crippen LogP contribution in [-0.4, -0.2) is 62.0 Å². The highest BCUT2D eigenvalue weighted by molar-refractivity contribution is 7.09. The Morgan fingerprint density at radius 3 is 2.53 bits per heavy atom. The Labute approximate surface area is 297 Å². The fraction of sp³-hybridized carbons (Fsp3) is 0.289. The van der Waals surface area contributed by atoms with Crippen molar-refractivity contribution in [3.8, 4) is 11.3 Å². The van der Waals surface area contributed by atoms with Crippen molar-refractivity contribution in [2.45, 2.75) is 57.1 Å². The molecule has 2 amide bonds. The van der Waals surface area contributed by atoms with Gasteiger partial charge >= 0.3 is 6.18 Å². The first-order valence-electron chi connectivity index (χ1n) is 16.6. The smallest absolute Gasteiger partial charge is 0.390 e. The lowest BCUT2D eigenvalue weighted by Crippen LogP contribution is -2.48. The highest BCUT2D eigenvalue weighted by atomic mass is 32.1. The third-order valence-electron chi connectivity index (χ3n) is 8.75. The van der Waals surface area contributed by atoms with Crippen LogP contribution in [0.4, 0.5) is 13.2 Å². The van der Waals surface area contributed by atoms with E-state index in [0.717, 1.165) is 41.2 Å². The number of aryl methyl sites for hydroxylation is 1. The topological polar surface area (TPSA) is 120 Å². The SMILES string of the molecule is Cc1csc([C@H]2CCCN2C(=O)c2cc(C(=O)N[C@@H](Cc3ccccc3)[C@@H](O)CNCc3cccc(C(F)(F)F)c3)cc(-c3cnccn3)c2)n1. The van der Waals surface area contributed by atoms with Crippen LogP contribution in [0.15, 0.2) is 96.8 Å². The third-order valence-corrected chi connectivity index (χ3v) is 9.82. The largest absolute Gasteiger partial charge is 0.416 e. The molecule has 3 atom stereocenters. The highest BCUT2D eigenvalue weighted by Gasteiger charge is 2.34. The van der Waals surface area contributed by atoms with Crippen LogP contribution >= 0.6 is 11.3 Å². The van der Waals surface area contributed by atoms with E-state index in [1.807, 2.05) is 42.6 Å². The molecule has 1 fully saturated rings. The Balaban J connectivity index is 1.24. The average molecular weight is 715 g/mol. The summed E-state index contributed by atoms with van der Waals surface area (Å²) in [4.78, 5) is 43.1. The summed E-state index contributed by atoms with van der Waals surface area (Å²) >= 11 is 1.53. The van der Waals surface area contributed by atoms with Crippen LogP contribution in [-0.2, 0) is 19.1 Å². The number of aliphatic hydroxyl groups excluding tert-OH is 1. The van der Waals surface area contributed by atoms with Crippen molar-refractivity contribution < 1.29 is 27.9 Å². The lowest BCUT2D eigenvalue weighted by molar-refractivity contribution is -0.137. The molecule has 0 aliphatic carbocycles. The molecule has 3 N–H and O–H groups in total. The fourth-order valence-electron chi connectivity index (χ4n) is 6.20. The van der Waals surface area contributed by atoms with Crippen LogP contribution in [0, 0.1) is 6.92 Å². The second-order valence-electron chi connectivity index (χ2n) is 12.5. The molecule has 264 valence electrons. The number of benzene rings is 3. The first-order valence-corrected chi connectivity index (χ1v) is 17.5. The molecule has 0 unspecified atom stereocenters. The maximum atomic E-state index is 14.1. The number of nitrogens with one attached hydrogen (secondary N) is 2. The van der Waals surface area contributed by atoms with E-state index < -0.39 is 29.8 Å². The summed E-state index contributed by atoms with van der Waals surface area (Å²) in [5.41, 5.74) is 2.94. The predicted molar refractivity (Wildman–Crippen MR) is 188 cm³/mol. The van der Waals surface area contributed by atoms with E-state index in [9.17, 15) is 27.9 Å². The van der Waals surface area contributed by atoms with Gasteiger partial charge in [-0.2, -0.15) is 13.2 Å². The summed E-state index contributed by atoms with van der Waals surface area (Å²) in [5.74, 6) is -0.744. The zero-order chi connectivity index (χ0) is 36.0. The molecule has 0 spiro atoms. The van der Waals surface area contributed by atoms with E-state index in [0.29, 0.717) is 28.9 Å². The monoisotopic (exact) mass is 714 g/mol. The number of hydrogen-bond donors (Lipinski definition) is 3. The van der Waals surface area contributed by atoms with Crippen LogP contribution in [0.3, 0.4) is 0 Å². The minimum absolute atomic E-state index is 0.00994. The number of aromatic nitrogens is 3. The summed E-state index contributed by atoms with van der Waals surface area (Å²) in [6.45, 7) is 2.54. The van der Waals surface area contributed by atoms with Gasteiger partial charge in [0.15, 0.2) is 0 Å². The second kappa shape index (κ2) is 15.9. The first-order chi connectivity index (χ1) is 24.5. The van der Waals surface area contributed by atoms with Gasteiger partial charge in [-0.25, -0.2) is 4.98 Å². The number of carbonyl (C=O) groups is 2. The molecule has 0 radical (unpaired) electrons. The van der Waals surface area contributed by atoms with Crippen molar-refractivity contribution in [3.63, 3.8) is 0 Å². The van der Waals surface area contributed by atoms with E-state index in [1.165, 1.54) is 29.8 Å². The molecule has 3 heterocycles. The molecule has 3 aromatic carbocycles. The average Bonchev–Trinajstić information content (AvgIpc) is 3.80. The molecular weight excluding hydrogens is 678 g/mol. The van der Waals surface area contributed by atoms with E-state index >= 15 is 0 Å². The summed E-state index contributed by atoms with van der Waals surface area (Å²) in [5, 5.41) is 20.2. The van der Waals surface area contributed by atoms with Gasteiger partial charge in [0.1, 0.15) is 5.01 Å². The minimum atomic E-state index is -4.47.